The summed E-state index contributed by atoms with van der Waals surface area (Å²) in [5.41, 5.74) is 27.7. The number of furan rings is 1. The van der Waals surface area contributed by atoms with Gasteiger partial charge in [-0.05, 0) is 136 Å². The lowest BCUT2D eigenvalue weighted by atomic mass is 9.82. The third-order valence-electron chi connectivity index (χ3n) is 28.2. The Morgan fingerprint density at radius 3 is 1.00 bits per heavy atom. The van der Waals surface area contributed by atoms with Crippen molar-refractivity contribution < 1.29 is 4.42 Å². The van der Waals surface area contributed by atoms with Crippen LogP contribution >= 0.6 is 11.3 Å². The Morgan fingerprint density at radius 2 is 0.521 bits per heavy atom. The van der Waals surface area contributed by atoms with E-state index in [1.165, 1.54) is 64.5 Å². The van der Waals surface area contributed by atoms with E-state index in [2.05, 4.69) is 279 Å². The van der Waals surface area contributed by atoms with Gasteiger partial charge in [0, 0.05) is 130 Å². The van der Waals surface area contributed by atoms with Crippen LogP contribution in [0.2, 0.25) is 0 Å². The molecule has 8 aromatic heterocycles. The molecule has 2 aliphatic carbocycles. The zero-order valence-corrected chi connectivity index (χ0v) is 78.3. The van der Waals surface area contributed by atoms with E-state index in [1.54, 1.807) is 0 Å². The van der Waals surface area contributed by atoms with Crippen molar-refractivity contribution in [2.24, 2.45) is 0 Å². The molecule has 28 rings (SSSR count). The highest BCUT2D eigenvalue weighted by atomic mass is 32.1. The van der Waals surface area contributed by atoms with Crippen molar-refractivity contribution in [2.45, 2.75) is 38.5 Å². The zero-order chi connectivity index (χ0) is 94.4. The van der Waals surface area contributed by atoms with Gasteiger partial charge in [-0.3, -0.25) is 0 Å². The van der Waals surface area contributed by atoms with Crippen LogP contribution in [0.5, 0.6) is 0 Å². The molecule has 0 bridgehead atoms. The summed E-state index contributed by atoms with van der Waals surface area (Å²) in [6, 6.07) is 148. The van der Waals surface area contributed by atoms with Gasteiger partial charge in [0.1, 0.15) is 11.2 Å². The monoisotopic (exact) mass is 1840 g/mol. The topological polar surface area (TPSA) is 178 Å². The van der Waals surface area contributed by atoms with Crippen LogP contribution in [0.3, 0.4) is 0 Å². The van der Waals surface area contributed by atoms with Crippen molar-refractivity contribution in [3.05, 3.63) is 447 Å². The first kappa shape index (κ1) is 83.0. The highest BCUT2D eigenvalue weighted by Gasteiger charge is 2.39. The second kappa shape index (κ2) is 33.2. The van der Waals surface area contributed by atoms with Gasteiger partial charge in [-0.15, -0.1) is 11.3 Å². The maximum atomic E-state index is 6.47. The Hall–Kier alpha value is -18.4. The summed E-state index contributed by atoms with van der Waals surface area (Å²) in [4.78, 5) is 63.4. The van der Waals surface area contributed by atoms with Gasteiger partial charge in [0.25, 0.3) is 0 Å². The summed E-state index contributed by atoms with van der Waals surface area (Å²) >= 11 is 1.84. The van der Waals surface area contributed by atoms with E-state index in [4.69, 9.17) is 64.2 Å². The zero-order valence-electron chi connectivity index (χ0n) is 77.5. The van der Waals surface area contributed by atoms with Crippen LogP contribution in [0.25, 0.3) is 256 Å². The molecule has 0 spiro atoms. The lowest BCUT2D eigenvalue weighted by molar-refractivity contribution is 0.660. The van der Waals surface area contributed by atoms with Crippen LogP contribution in [-0.4, -0.2) is 68.9 Å². The molecule has 142 heavy (non-hydrogen) atoms. The number of aromatic nitrogens is 14. The molecule has 2 aliphatic rings. The van der Waals surface area contributed by atoms with Crippen LogP contribution in [0.1, 0.15) is 49.9 Å². The standard InChI is InChI=1S/C63H41N7O.C63H41N7S/c1-63(2)50-27-15-12-24-43(50)46-34-41(30-32-51(46)63)60-65-57(38-18-6-3-7-19-38)66-61(67-60)42-31-33-53(49(35-42)62-68-58(39-20-8-4-9-21-39)64-59(69-62)40-22-10-5-11-23-40)70-52-28-16-13-25-44(52)47-37-56-48(36-54(47)70)45-26-14-17-29-55(45)71-56;1-63(2)49-29-15-12-27-44(49)56-45(28-18-30-50(56)63)61-66-59(40-23-10-5-11-24-40)65-60(69-61)41-33-34-52(48(35-41)62-67-57(38-19-6-3-7-20-38)64-58(68-62)39-21-8-4-9-22-39)70-51-31-16-13-25-42(51)46-37-55-47(36-53(46)70)43-26-14-17-32-54(43)71-55/h2*3-37H,1-2H3. The van der Waals surface area contributed by atoms with Crippen LogP contribution in [0.4, 0.5) is 0 Å². The minimum atomic E-state index is -0.193. The summed E-state index contributed by atoms with van der Waals surface area (Å²) in [7, 11) is 0. The van der Waals surface area contributed by atoms with E-state index in [0.717, 1.165) is 144 Å². The first-order valence-corrected chi connectivity index (χ1v) is 48.5. The first-order valence-electron chi connectivity index (χ1n) is 47.7. The number of hydrogen-bond donors (Lipinski definition) is 0. The highest BCUT2D eigenvalue weighted by Crippen LogP contribution is 2.54. The minimum absolute atomic E-state index is 0.132. The van der Waals surface area contributed by atoms with Gasteiger partial charge < -0.3 is 13.6 Å². The van der Waals surface area contributed by atoms with Gasteiger partial charge >= 0.3 is 0 Å². The van der Waals surface area contributed by atoms with Gasteiger partial charge in [-0.25, -0.2) is 59.8 Å². The Morgan fingerprint density at radius 1 is 0.190 bits per heavy atom. The van der Waals surface area contributed by atoms with Gasteiger partial charge in [-0.1, -0.05) is 361 Å². The van der Waals surface area contributed by atoms with E-state index < -0.39 is 0 Å². The van der Waals surface area contributed by atoms with E-state index >= 15 is 0 Å². The quantitative estimate of drug-likeness (QED) is 0.101. The highest BCUT2D eigenvalue weighted by molar-refractivity contribution is 7.25. The first-order chi connectivity index (χ1) is 69.9. The fourth-order valence-electron chi connectivity index (χ4n) is 21.3. The molecular formula is C126H82N14OS. The molecule has 0 saturated carbocycles. The lowest BCUT2D eigenvalue weighted by Crippen LogP contribution is -2.14. The third-order valence-corrected chi connectivity index (χ3v) is 29.4. The summed E-state index contributed by atoms with van der Waals surface area (Å²) < 4.78 is 13.7. The van der Waals surface area contributed by atoms with E-state index in [1.807, 2.05) is 193 Å². The molecule has 0 radical (unpaired) electrons. The average molecular weight is 1840 g/mol. The SMILES string of the molecule is CC1(C)c2ccccc2-c2c(-c3nc(-c4ccccc4)nc(-c4ccc(-n5c6ccccc6c6cc7sc8ccccc8c7cc65)c(-c5nc(-c6ccccc6)nc(-c6ccccc6)n5)c4)n3)cccc21.CC1(C)c2ccccc2-c2cc(-c3nc(-c4ccccc4)nc(-c4ccc(-n5c6ccccc6c6cc7oc8ccccc8c7cc65)c(-c5nc(-c6ccccc6)nc(-c6ccccc6)n5)c4)n3)ccc21. The number of rotatable bonds is 14. The predicted octanol–water partition coefficient (Wildman–Crippen LogP) is 31.2. The predicted molar refractivity (Wildman–Crippen MR) is 576 cm³/mol. The molecule has 0 saturated heterocycles. The molecule has 0 unspecified atom stereocenters. The summed E-state index contributed by atoms with van der Waals surface area (Å²) in [5.74, 6) is 6.75. The Bertz CT molecular complexity index is 9500. The normalized spacial score (nSPS) is 12.8. The van der Waals surface area contributed by atoms with Gasteiger partial charge in [0.05, 0.1) is 33.4 Å². The van der Waals surface area contributed by atoms with Crippen LogP contribution in [0, 0.1) is 0 Å². The molecule has 0 atom stereocenters. The van der Waals surface area contributed by atoms with Crippen molar-refractivity contribution >= 4 is 97.1 Å². The number of nitrogens with zero attached hydrogens (tertiary/aromatic N) is 14. The van der Waals surface area contributed by atoms with Crippen molar-refractivity contribution in [1.82, 2.24) is 68.9 Å². The molecule has 18 aromatic carbocycles. The number of benzene rings is 18. The maximum absolute atomic E-state index is 6.47. The minimum Gasteiger partial charge on any atom is -0.456 e. The molecule has 0 amide bonds. The number of para-hydroxylation sites is 3. The number of fused-ring (bicyclic) bond motifs is 18. The number of thiophene rings is 1. The van der Waals surface area contributed by atoms with Crippen molar-refractivity contribution in [2.75, 3.05) is 0 Å². The Balaban J connectivity index is 0.000000142. The molecule has 0 fully saturated rings. The molecule has 26 aromatic rings. The lowest BCUT2D eigenvalue weighted by Gasteiger charge is -2.21. The molecule has 15 nitrogen and oxygen atoms in total. The molecule has 0 aliphatic heterocycles. The molecule has 16 heteroatoms. The fraction of sp³-hybridized carbons (Fsp3) is 0.0476. The second-order valence-electron chi connectivity index (χ2n) is 37.3. The van der Waals surface area contributed by atoms with Gasteiger partial charge in [0.2, 0.25) is 0 Å². The number of hydrogen-bond acceptors (Lipinski definition) is 14. The molecule has 668 valence electrons. The smallest absolute Gasteiger partial charge is 0.166 e. The van der Waals surface area contributed by atoms with Crippen LogP contribution in [0.15, 0.2) is 429 Å². The van der Waals surface area contributed by atoms with Crippen LogP contribution in [-0.2, 0) is 10.8 Å². The third kappa shape index (κ3) is 13.9. The van der Waals surface area contributed by atoms with E-state index in [9.17, 15) is 0 Å². The fourth-order valence-corrected chi connectivity index (χ4v) is 22.5. The second-order valence-corrected chi connectivity index (χ2v) is 38.4. The summed E-state index contributed by atoms with van der Waals surface area (Å²) in [5, 5.41) is 9.08. The van der Waals surface area contributed by atoms with Crippen molar-refractivity contribution in [3.63, 3.8) is 0 Å². The van der Waals surface area contributed by atoms with Crippen molar-refractivity contribution in [3.8, 4) is 170 Å². The summed E-state index contributed by atoms with van der Waals surface area (Å²) in [6.07, 6.45) is 0. The van der Waals surface area contributed by atoms with Crippen molar-refractivity contribution in [1.29, 1.82) is 0 Å². The molecule has 8 heterocycles. The largest absolute Gasteiger partial charge is 0.456 e. The molecule has 0 N–H and O–H groups in total. The van der Waals surface area contributed by atoms with Crippen LogP contribution < -0.4 is 0 Å². The van der Waals surface area contributed by atoms with E-state index in [0.29, 0.717) is 69.9 Å². The maximum Gasteiger partial charge on any atom is 0.166 e. The van der Waals surface area contributed by atoms with Gasteiger partial charge in [-0.2, -0.15) is 0 Å². The van der Waals surface area contributed by atoms with Gasteiger partial charge in [0.15, 0.2) is 69.9 Å². The Kier molecular flexibility index (Phi) is 19.4. The Labute approximate surface area is 820 Å². The average Bonchev–Trinajstić information content (AvgIpc) is 1.56. The summed E-state index contributed by atoms with van der Waals surface area (Å²) in [6.45, 7) is 9.19. The van der Waals surface area contributed by atoms with E-state index in [-0.39, 0.29) is 10.8 Å². The molecular weight excluding hydrogens is 1760 g/mol.